The van der Waals surface area contributed by atoms with E-state index in [1.807, 2.05) is 31.2 Å². The zero-order chi connectivity index (χ0) is 19.8. The van der Waals surface area contributed by atoms with E-state index in [-0.39, 0.29) is 18.4 Å². The van der Waals surface area contributed by atoms with Gasteiger partial charge in [0, 0.05) is 11.8 Å². The fourth-order valence-electron chi connectivity index (χ4n) is 2.54. The molecular weight excluding hydrogens is 340 g/mol. The Morgan fingerprint density at radius 1 is 1.19 bits per heavy atom. The van der Waals surface area contributed by atoms with Crippen LogP contribution in [0, 0.1) is 18.3 Å². The first-order chi connectivity index (χ1) is 12.9. The molecule has 5 heteroatoms. The average molecular weight is 362 g/mol. The molecule has 0 heterocycles. The van der Waals surface area contributed by atoms with Crippen LogP contribution >= 0.6 is 0 Å². The number of ether oxygens (including phenoxy) is 1. The van der Waals surface area contributed by atoms with Crippen molar-refractivity contribution in [2.24, 2.45) is 0 Å². The number of anilines is 1. The molecule has 0 fully saturated rings. The molecule has 0 unspecified atom stereocenters. The maximum Gasteiger partial charge on any atom is 0.331 e. The van der Waals surface area contributed by atoms with Crippen LogP contribution in [-0.2, 0) is 14.3 Å². The van der Waals surface area contributed by atoms with E-state index >= 15 is 0 Å². The predicted molar refractivity (Wildman–Crippen MR) is 105 cm³/mol. The predicted octanol–water partition coefficient (Wildman–Crippen LogP) is 4.19. The number of nitriles is 1. The minimum absolute atomic E-state index is 0.262. The summed E-state index contributed by atoms with van der Waals surface area (Å²) in [5.74, 6) is -0.729. The molecule has 0 aliphatic heterocycles. The van der Waals surface area contributed by atoms with Gasteiger partial charge in [-0.05, 0) is 47.7 Å². The minimum atomic E-state index is -0.608. The van der Waals surface area contributed by atoms with Crippen molar-refractivity contribution in [3.8, 4) is 6.07 Å². The fraction of sp³-hybridized carbons (Fsp3) is 0.227. The molecule has 2 rings (SSSR count). The molecule has 0 saturated carbocycles. The molecule has 138 valence electrons. The molecule has 5 nitrogen and oxygen atoms in total. The van der Waals surface area contributed by atoms with Crippen LogP contribution in [-0.4, -0.2) is 18.5 Å². The summed E-state index contributed by atoms with van der Waals surface area (Å²) in [5, 5.41) is 11.6. The number of esters is 1. The Morgan fingerprint density at radius 3 is 2.52 bits per heavy atom. The highest BCUT2D eigenvalue weighted by molar-refractivity contribution is 5.95. The van der Waals surface area contributed by atoms with Crippen LogP contribution in [0.2, 0.25) is 0 Å². The van der Waals surface area contributed by atoms with Gasteiger partial charge in [-0.2, -0.15) is 5.26 Å². The summed E-state index contributed by atoms with van der Waals surface area (Å²) in [4.78, 5) is 23.9. The highest BCUT2D eigenvalue weighted by Crippen LogP contribution is 2.27. The fourth-order valence-corrected chi connectivity index (χ4v) is 2.54. The third-order valence-corrected chi connectivity index (χ3v) is 3.99. The third kappa shape index (κ3) is 5.82. The highest BCUT2D eigenvalue weighted by atomic mass is 16.5. The summed E-state index contributed by atoms with van der Waals surface area (Å²) < 4.78 is 4.99. The lowest BCUT2D eigenvalue weighted by Gasteiger charge is -2.16. The molecule has 0 saturated heterocycles. The number of aryl methyl sites for hydroxylation is 1. The van der Waals surface area contributed by atoms with E-state index in [0.717, 1.165) is 22.4 Å². The van der Waals surface area contributed by atoms with E-state index in [2.05, 4.69) is 19.2 Å². The average Bonchev–Trinajstić information content (AvgIpc) is 2.66. The number of nitrogens with zero attached hydrogens (tertiary/aromatic N) is 1. The summed E-state index contributed by atoms with van der Waals surface area (Å²) in [6.07, 6.45) is 2.82. The topological polar surface area (TPSA) is 79.2 Å². The molecule has 0 spiro atoms. The molecule has 0 atom stereocenters. The Morgan fingerprint density at radius 2 is 1.89 bits per heavy atom. The van der Waals surface area contributed by atoms with Crippen LogP contribution in [0.3, 0.4) is 0 Å². The largest absolute Gasteiger partial charge is 0.452 e. The SMILES string of the molecule is Cc1cccc(C(C)C)c1NC(=O)COC(=O)/C=C/c1ccc(C#N)cc1. The van der Waals surface area contributed by atoms with E-state index in [9.17, 15) is 9.59 Å². The Balaban J connectivity index is 1.91. The standard InChI is InChI=1S/C22H22N2O3/c1-15(2)19-6-4-5-16(3)22(19)24-20(25)14-27-21(26)12-11-17-7-9-18(13-23)10-8-17/h4-12,15H,14H2,1-3H3,(H,24,25)/b12-11+. The number of carbonyl (C=O) groups is 2. The summed E-state index contributed by atoms with van der Waals surface area (Å²) in [6.45, 7) is 5.67. The summed E-state index contributed by atoms with van der Waals surface area (Å²) in [6, 6.07) is 14.6. The van der Waals surface area contributed by atoms with Gasteiger partial charge >= 0.3 is 5.97 Å². The van der Waals surface area contributed by atoms with Gasteiger partial charge in [-0.3, -0.25) is 4.79 Å². The first-order valence-corrected chi connectivity index (χ1v) is 8.65. The van der Waals surface area contributed by atoms with Crippen molar-refractivity contribution in [3.63, 3.8) is 0 Å². The van der Waals surface area contributed by atoms with Crippen LogP contribution in [0.5, 0.6) is 0 Å². The summed E-state index contributed by atoms with van der Waals surface area (Å²) >= 11 is 0. The number of rotatable bonds is 6. The van der Waals surface area contributed by atoms with Gasteiger partial charge in [0.2, 0.25) is 0 Å². The van der Waals surface area contributed by atoms with E-state index in [0.29, 0.717) is 5.56 Å². The first kappa shape index (κ1) is 19.9. The molecule has 27 heavy (non-hydrogen) atoms. The van der Waals surface area contributed by atoms with Gasteiger partial charge < -0.3 is 10.1 Å². The lowest BCUT2D eigenvalue weighted by atomic mass is 9.98. The normalized spacial score (nSPS) is 10.6. The number of amides is 1. The van der Waals surface area contributed by atoms with Crippen molar-refractivity contribution >= 4 is 23.6 Å². The minimum Gasteiger partial charge on any atom is -0.452 e. The van der Waals surface area contributed by atoms with Crippen molar-refractivity contribution in [1.29, 1.82) is 5.26 Å². The molecule has 1 amide bonds. The van der Waals surface area contributed by atoms with Gasteiger partial charge in [0.15, 0.2) is 6.61 Å². The molecule has 0 aliphatic carbocycles. The second-order valence-corrected chi connectivity index (χ2v) is 6.42. The quantitative estimate of drug-likeness (QED) is 0.617. The van der Waals surface area contributed by atoms with Gasteiger partial charge in [0.05, 0.1) is 11.6 Å². The molecule has 0 aliphatic rings. The smallest absolute Gasteiger partial charge is 0.331 e. The monoisotopic (exact) mass is 362 g/mol. The van der Waals surface area contributed by atoms with Crippen molar-refractivity contribution in [1.82, 2.24) is 0 Å². The number of hydrogen-bond donors (Lipinski definition) is 1. The Labute approximate surface area is 159 Å². The Hall–Kier alpha value is -3.39. The van der Waals surface area contributed by atoms with Crippen molar-refractivity contribution in [3.05, 3.63) is 70.8 Å². The van der Waals surface area contributed by atoms with E-state index in [4.69, 9.17) is 10.00 Å². The highest BCUT2D eigenvalue weighted by Gasteiger charge is 2.13. The zero-order valence-corrected chi connectivity index (χ0v) is 15.7. The van der Waals surface area contributed by atoms with Crippen molar-refractivity contribution < 1.29 is 14.3 Å². The Bertz CT molecular complexity index is 891. The van der Waals surface area contributed by atoms with Crippen LogP contribution in [0.1, 0.15) is 42.0 Å². The summed E-state index contributed by atoms with van der Waals surface area (Å²) in [5.41, 5.74) is 4.07. The third-order valence-electron chi connectivity index (χ3n) is 3.99. The van der Waals surface area contributed by atoms with Gasteiger partial charge in [-0.1, -0.05) is 44.2 Å². The number of nitrogens with one attached hydrogen (secondary N) is 1. The van der Waals surface area contributed by atoms with Crippen LogP contribution in [0.15, 0.2) is 48.5 Å². The molecule has 2 aromatic carbocycles. The van der Waals surface area contributed by atoms with Gasteiger partial charge in [-0.15, -0.1) is 0 Å². The van der Waals surface area contributed by atoms with Crippen LogP contribution in [0.25, 0.3) is 6.08 Å². The summed E-state index contributed by atoms with van der Waals surface area (Å²) in [7, 11) is 0. The second kappa shape index (κ2) is 9.35. The molecule has 2 aromatic rings. The van der Waals surface area contributed by atoms with Gasteiger partial charge in [-0.25, -0.2) is 4.79 Å². The van der Waals surface area contributed by atoms with Crippen molar-refractivity contribution in [2.45, 2.75) is 26.7 Å². The molecule has 0 bridgehead atoms. The molecule has 0 aromatic heterocycles. The van der Waals surface area contributed by atoms with E-state index in [1.165, 1.54) is 6.08 Å². The van der Waals surface area contributed by atoms with Gasteiger partial charge in [0.1, 0.15) is 0 Å². The number of carbonyl (C=O) groups excluding carboxylic acids is 2. The lowest BCUT2D eigenvalue weighted by molar-refractivity contribution is -0.142. The van der Waals surface area contributed by atoms with Crippen molar-refractivity contribution in [2.75, 3.05) is 11.9 Å². The maximum absolute atomic E-state index is 12.1. The number of hydrogen-bond acceptors (Lipinski definition) is 4. The molecular formula is C22H22N2O3. The lowest BCUT2D eigenvalue weighted by Crippen LogP contribution is -2.21. The number of benzene rings is 2. The molecule has 0 radical (unpaired) electrons. The molecule has 1 N–H and O–H groups in total. The van der Waals surface area contributed by atoms with Crippen LogP contribution in [0.4, 0.5) is 5.69 Å². The maximum atomic E-state index is 12.1. The first-order valence-electron chi connectivity index (χ1n) is 8.65. The second-order valence-electron chi connectivity index (χ2n) is 6.42. The Kier molecular flexibility index (Phi) is 6.90. The zero-order valence-electron chi connectivity index (χ0n) is 15.7. The van der Waals surface area contributed by atoms with Gasteiger partial charge in [0.25, 0.3) is 5.91 Å². The van der Waals surface area contributed by atoms with E-state index < -0.39 is 5.97 Å². The van der Waals surface area contributed by atoms with Crippen LogP contribution < -0.4 is 5.32 Å². The number of para-hydroxylation sites is 1. The van der Waals surface area contributed by atoms with E-state index in [1.54, 1.807) is 30.3 Å².